The van der Waals surface area contributed by atoms with Crippen LogP contribution in [0.15, 0.2) is 59.6 Å². The second kappa shape index (κ2) is 12.0. The van der Waals surface area contributed by atoms with Crippen molar-refractivity contribution in [2.45, 2.75) is 44.9 Å². The fraction of sp³-hybridized carbons (Fsp3) is 0.417. The number of nitrogens with zero attached hydrogens (tertiary/aromatic N) is 1. The number of carbonyl (C=O) groups excluding carboxylic acids is 2. The predicted octanol–water partition coefficient (Wildman–Crippen LogP) is 5.53. The number of allylic oxidation sites excluding steroid dienone is 4. The molecule has 0 unspecified atom stereocenters. The Morgan fingerprint density at radius 3 is 2.47 bits per heavy atom. The largest absolute Gasteiger partial charge is 0.353 e. The van der Waals surface area contributed by atoms with Crippen LogP contribution < -0.4 is 0 Å². The lowest BCUT2D eigenvalue weighted by atomic mass is 9.69. The van der Waals surface area contributed by atoms with Gasteiger partial charge in [0.25, 0.3) is 5.91 Å². The maximum atomic E-state index is 13.2. The summed E-state index contributed by atoms with van der Waals surface area (Å²) in [4.78, 5) is 26.2. The van der Waals surface area contributed by atoms with Crippen molar-refractivity contribution in [1.29, 1.82) is 0 Å². The Morgan fingerprint density at radius 1 is 1.30 bits per heavy atom. The smallest absolute Gasteiger partial charge is 0.255 e. The van der Waals surface area contributed by atoms with Gasteiger partial charge in [-0.2, -0.15) is 0 Å². The fourth-order valence-corrected chi connectivity index (χ4v) is 3.63. The van der Waals surface area contributed by atoms with Crippen molar-refractivity contribution < 1.29 is 19.1 Å². The zero-order valence-corrected chi connectivity index (χ0v) is 20.1. The van der Waals surface area contributed by atoms with Crippen LogP contribution >= 0.6 is 15.9 Å². The number of hydrogen-bond donors (Lipinski definition) is 0. The number of amides is 1. The molecule has 0 atom stereocenters. The van der Waals surface area contributed by atoms with Crippen molar-refractivity contribution >= 4 is 28.1 Å². The Labute approximate surface area is 188 Å². The van der Waals surface area contributed by atoms with Crippen molar-refractivity contribution in [3.05, 3.63) is 70.8 Å². The van der Waals surface area contributed by atoms with Crippen LogP contribution in [0.5, 0.6) is 0 Å². The molecule has 1 aliphatic carbocycles. The summed E-state index contributed by atoms with van der Waals surface area (Å²) in [6.45, 7) is 10.1. The second-order valence-corrected chi connectivity index (χ2v) is 7.60. The minimum atomic E-state index is -0.725. The van der Waals surface area contributed by atoms with Gasteiger partial charge in [0.2, 0.25) is 0 Å². The van der Waals surface area contributed by atoms with Crippen molar-refractivity contribution in [3.8, 4) is 0 Å². The highest BCUT2D eigenvalue weighted by molar-refractivity contribution is 9.11. The quantitative estimate of drug-likeness (QED) is 0.266. The predicted molar refractivity (Wildman–Crippen MR) is 125 cm³/mol. The topological polar surface area (TPSA) is 55.8 Å². The average molecular weight is 478 g/mol. The molecule has 1 aliphatic rings. The van der Waals surface area contributed by atoms with E-state index in [0.717, 1.165) is 4.48 Å². The molecule has 164 valence electrons. The summed E-state index contributed by atoms with van der Waals surface area (Å²) in [5.74, 6) is -0.947. The average Bonchev–Trinajstić information content (AvgIpc) is 2.77. The molecule has 5 nitrogen and oxygen atoms in total. The molecule has 0 aromatic heterocycles. The zero-order chi connectivity index (χ0) is 22.8. The van der Waals surface area contributed by atoms with Crippen molar-refractivity contribution in [2.24, 2.45) is 0 Å². The summed E-state index contributed by atoms with van der Waals surface area (Å²) in [5, 5.41) is 0. The summed E-state index contributed by atoms with van der Waals surface area (Å²) >= 11 is 3.39. The lowest BCUT2D eigenvalue weighted by molar-refractivity contribution is -0.293. The van der Waals surface area contributed by atoms with Crippen LogP contribution in [0.25, 0.3) is 0 Å². The number of ether oxygens (including phenoxy) is 2. The number of aldehydes is 1. The summed E-state index contributed by atoms with van der Waals surface area (Å²) in [6.07, 6.45) is 9.08. The van der Waals surface area contributed by atoms with Crippen molar-refractivity contribution in [3.63, 3.8) is 0 Å². The molecule has 0 bridgehead atoms. The number of methoxy groups -OCH3 is 1. The molecular formula is C24H32BrNO4. The van der Waals surface area contributed by atoms with E-state index in [4.69, 9.17) is 9.47 Å². The van der Waals surface area contributed by atoms with E-state index in [1.807, 2.05) is 39.0 Å². The Morgan fingerprint density at radius 2 is 1.93 bits per heavy atom. The minimum absolute atomic E-state index is 0.222. The van der Waals surface area contributed by atoms with Crippen LogP contribution in [0, 0.1) is 0 Å². The molecule has 0 saturated heterocycles. The van der Waals surface area contributed by atoms with Gasteiger partial charge in [-0.25, -0.2) is 0 Å². The highest BCUT2D eigenvalue weighted by Gasteiger charge is 2.58. The number of carbonyl (C=O) groups is 2. The molecule has 2 rings (SSSR count). The summed E-state index contributed by atoms with van der Waals surface area (Å²) in [7, 11) is 3.35. The molecule has 1 amide bonds. The van der Waals surface area contributed by atoms with Gasteiger partial charge in [-0.15, -0.1) is 0 Å². The van der Waals surface area contributed by atoms with Crippen LogP contribution in [0.1, 0.15) is 54.3 Å². The first kappa shape index (κ1) is 26.0. The molecular weight excluding hydrogens is 446 g/mol. The first-order chi connectivity index (χ1) is 14.4. The van der Waals surface area contributed by atoms with E-state index >= 15 is 0 Å². The van der Waals surface area contributed by atoms with E-state index < -0.39 is 11.3 Å². The van der Waals surface area contributed by atoms with Crippen LogP contribution in [-0.2, 0) is 9.47 Å². The third-order valence-corrected chi connectivity index (χ3v) is 5.67. The number of rotatable bonds is 9. The molecule has 0 aliphatic heterocycles. The van der Waals surface area contributed by atoms with E-state index in [0.29, 0.717) is 36.9 Å². The number of benzene rings is 1. The fourth-order valence-electron chi connectivity index (χ4n) is 3.48. The Hall–Kier alpha value is -2.02. The normalized spacial score (nSPS) is 23.2. The van der Waals surface area contributed by atoms with Crippen LogP contribution in [0.3, 0.4) is 0 Å². The highest BCUT2D eigenvalue weighted by atomic mass is 79.9. The molecule has 0 radical (unpaired) electrons. The first-order valence-electron chi connectivity index (χ1n) is 10.1. The van der Waals surface area contributed by atoms with Gasteiger partial charge in [0.15, 0.2) is 12.1 Å². The minimum Gasteiger partial charge on any atom is -0.353 e. The highest BCUT2D eigenvalue weighted by Crippen LogP contribution is 2.49. The third kappa shape index (κ3) is 5.78. The van der Waals surface area contributed by atoms with E-state index in [2.05, 4.69) is 22.5 Å². The van der Waals surface area contributed by atoms with Gasteiger partial charge in [-0.05, 0) is 19.1 Å². The van der Waals surface area contributed by atoms with Crippen molar-refractivity contribution in [2.75, 3.05) is 20.8 Å². The standard InChI is InChI=1S/C22H26BrNO4.C2H6/c1-5-18(23)11-9-13-21(15-22(16-21,27-4)28-6-2)24(3)20(26)19-12-8-7-10-17(19)14-25;1-2/h5,7-14H,1,6,15-16H2,2-4H3;1-2H3/b13-9+,18-11+;. The van der Waals surface area contributed by atoms with Gasteiger partial charge in [-0.1, -0.05) is 72.8 Å². The van der Waals surface area contributed by atoms with E-state index in [1.54, 1.807) is 49.4 Å². The van der Waals surface area contributed by atoms with Crippen LogP contribution in [0.4, 0.5) is 0 Å². The summed E-state index contributed by atoms with van der Waals surface area (Å²) in [6, 6.07) is 6.79. The van der Waals surface area contributed by atoms with Crippen molar-refractivity contribution in [1.82, 2.24) is 4.90 Å². The molecule has 0 heterocycles. The van der Waals surface area contributed by atoms with Gasteiger partial charge >= 0.3 is 0 Å². The molecule has 1 saturated carbocycles. The molecule has 0 N–H and O–H groups in total. The maximum Gasteiger partial charge on any atom is 0.255 e. The monoisotopic (exact) mass is 477 g/mol. The van der Waals surface area contributed by atoms with E-state index in [9.17, 15) is 9.59 Å². The number of halogens is 1. The summed E-state index contributed by atoms with van der Waals surface area (Å²) in [5.41, 5.74) is 0.153. The number of likely N-dealkylation sites (N-methyl/N-ethyl adjacent to an activating group) is 1. The molecule has 0 spiro atoms. The Balaban J connectivity index is 0.00000218. The van der Waals surface area contributed by atoms with Gasteiger partial charge in [0.05, 0.1) is 11.1 Å². The van der Waals surface area contributed by atoms with E-state index in [-0.39, 0.29) is 5.91 Å². The second-order valence-electron chi connectivity index (χ2n) is 6.69. The number of hydrogen-bond acceptors (Lipinski definition) is 4. The SMILES string of the molecule is C=C/C(Br)=C\C=C\C1(N(C)C(=O)c2ccccc2C=O)CC(OC)(OCC)C1.CC. The maximum absolute atomic E-state index is 13.2. The van der Waals surface area contributed by atoms with Gasteiger partial charge in [0, 0.05) is 43.7 Å². The lowest BCUT2D eigenvalue weighted by Gasteiger charge is -2.56. The van der Waals surface area contributed by atoms with Crippen LogP contribution in [-0.4, -0.2) is 49.2 Å². The van der Waals surface area contributed by atoms with Gasteiger partial charge < -0.3 is 14.4 Å². The summed E-state index contributed by atoms with van der Waals surface area (Å²) < 4.78 is 12.2. The molecule has 6 heteroatoms. The Bertz CT molecular complexity index is 794. The zero-order valence-electron chi connectivity index (χ0n) is 18.5. The van der Waals surface area contributed by atoms with E-state index in [1.165, 1.54) is 0 Å². The molecule has 1 fully saturated rings. The third-order valence-electron chi connectivity index (χ3n) is 5.08. The van der Waals surface area contributed by atoms with Gasteiger partial charge in [0.1, 0.15) is 0 Å². The Kier molecular flexibility index (Phi) is 10.4. The first-order valence-corrected chi connectivity index (χ1v) is 10.8. The molecule has 1 aromatic carbocycles. The van der Waals surface area contributed by atoms with Crippen LogP contribution in [0.2, 0.25) is 0 Å². The molecule has 1 aromatic rings. The molecule has 30 heavy (non-hydrogen) atoms. The lowest BCUT2D eigenvalue weighted by Crippen LogP contribution is -2.66. The van der Waals surface area contributed by atoms with Gasteiger partial charge in [-0.3, -0.25) is 9.59 Å².